The van der Waals surface area contributed by atoms with Gasteiger partial charge in [-0.15, -0.1) is 0 Å². The largest absolute Gasteiger partial charge is 0.370 e. The van der Waals surface area contributed by atoms with Gasteiger partial charge in [-0.05, 0) is 54.7 Å². The predicted molar refractivity (Wildman–Crippen MR) is 142 cm³/mol. The van der Waals surface area contributed by atoms with Crippen molar-refractivity contribution in [1.82, 2.24) is 4.57 Å². The summed E-state index contributed by atoms with van der Waals surface area (Å²) in [5, 5.41) is 10.7. The summed E-state index contributed by atoms with van der Waals surface area (Å²) in [4.78, 5) is 15.2. The van der Waals surface area contributed by atoms with Crippen molar-refractivity contribution in [3.8, 4) is 6.07 Å². The van der Waals surface area contributed by atoms with Crippen molar-refractivity contribution in [2.75, 3.05) is 22.7 Å². The number of sulfonamides is 1. The highest BCUT2D eigenvalue weighted by molar-refractivity contribution is 7.92. The van der Waals surface area contributed by atoms with Crippen LogP contribution in [0.2, 0.25) is 0 Å². The van der Waals surface area contributed by atoms with Gasteiger partial charge in [-0.2, -0.15) is 5.26 Å². The van der Waals surface area contributed by atoms with Gasteiger partial charge in [0.25, 0.3) is 15.6 Å². The van der Waals surface area contributed by atoms with Crippen LogP contribution in [0, 0.1) is 11.3 Å². The Labute approximate surface area is 210 Å². The van der Waals surface area contributed by atoms with Gasteiger partial charge in [-0.3, -0.25) is 9.52 Å². The average Bonchev–Trinajstić information content (AvgIpc) is 2.91. The molecule has 0 radical (unpaired) electrons. The molecule has 4 aromatic rings. The molecule has 1 N–H and O–H groups in total. The summed E-state index contributed by atoms with van der Waals surface area (Å²) in [5.41, 5.74) is 3.11. The molecule has 1 saturated heterocycles. The van der Waals surface area contributed by atoms with Crippen LogP contribution >= 0.6 is 0 Å². The van der Waals surface area contributed by atoms with Crippen LogP contribution in [0.15, 0.2) is 88.6 Å². The smallest absolute Gasteiger partial charge is 0.270 e. The quantitative estimate of drug-likeness (QED) is 0.434. The number of rotatable bonds is 5. The Balaban J connectivity index is 1.33. The molecule has 5 rings (SSSR count). The van der Waals surface area contributed by atoms with Gasteiger partial charge in [0.05, 0.1) is 16.1 Å². The Morgan fingerprint density at radius 3 is 2.22 bits per heavy atom. The molecule has 7 nitrogen and oxygen atoms in total. The van der Waals surface area contributed by atoms with Crippen LogP contribution in [0.5, 0.6) is 0 Å². The van der Waals surface area contributed by atoms with Crippen LogP contribution in [-0.4, -0.2) is 26.1 Å². The fourth-order valence-electron chi connectivity index (χ4n) is 4.98. The summed E-state index contributed by atoms with van der Waals surface area (Å²) < 4.78 is 29.3. The lowest BCUT2D eigenvalue weighted by atomic mass is 9.89. The molecular formula is C28H26N4O3S. The Morgan fingerprint density at radius 2 is 1.56 bits per heavy atom. The summed E-state index contributed by atoms with van der Waals surface area (Å²) in [6, 6.07) is 25.7. The van der Waals surface area contributed by atoms with E-state index in [-0.39, 0.29) is 16.0 Å². The molecule has 3 aromatic carbocycles. The fraction of sp³-hybridized carbons (Fsp3) is 0.214. The fourth-order valence-corrected chi connectivity index (χ4v) is 6.06. The van der Waals surface area contributed by atoms with Crippen molar-refractivity contribution in [2.45, 2.75) is 23.7 Å². The number of fused-ring (bicyclic) bond motifs is 1. The minimum absolute atomic E-state index is 0.185. The van der Waals surface area contributed by atoms with Gasteiger partial charge in [0.1, 0.15) is 11.6 Å². The second kappa shape index (κ2) is 9.51. The summed E-state index contributed by atoms with van der Waals surface area (Å²) >= 11 is 0. The van der Waals surface area contributed by atoms with E-state index in [1.807, 2.05) is 36.4 Å². The predicted octanol–water partition coefficient (Wildman–Crippen LogP) is 4.59. The SMILES string of the molecule is Cn1c(=O)c(C#N)c(N2CCC(c3ccc(NS(=O)(=O)c4ccccc4)cc3)CC2)c2ccccc21. The number of nitrogens with zero attached hydrogens (tertiary/aromatic N) is 3. The third-order valence-corrected chi connectivity index (χ3v) is 8.28. The average molecular weight is 499 g/mol. The summed E-state index contributed by atoms with van der Waals surface area (Å²) in [7, 11) is -1.93. The maximum absolute atomic E-state index is 12.8. The molecule has 1 aliphatic rings. The van der Waals surface area contributed by atoms with Gasteiger partial charge >= 0.3 is 0 Å². The van der Waals surface area contributed by atoms with Gasteiger partial charge in [-0.25, -0.2) is 8.42 Å². The van der Waals surface area contributed by atoms with Crippen LogP contribution < -0.4 is 15.2 Å². The molecule has 0 spiro atoms. The maximum Gasteiger partial charge on any atom is 0.270 e. The number of hydrogen-bond donors (Lipinski definition) is 1. The Hall–Kier alpha value is -4.09. The van der Waals surface area contributed by atoms with Crippen LogP contribution in [0.1, 0.15) is 29.9 Å². The summed E-state index contributed by atoms with van der Waals surface area (Å²) in [6.45, 7) is 1.44. The number of piperidine rings is 1. The van der Waals surface area contributed by atoms with Gasteiger partial charge in [0.15, 0.2) is 0 Å². The molecule has 182 valence electrons. The molecule has 0 aliphatic carbocycles. The first kappa shape index (κ1) is 23.6. The first-order chi connectivity index (χ1) is 17.4. The van der Waals surface area contributed by atoms with Gasteiger partial charge in [0.2, 0.25) is 0 Å². The molecule has 0 saturated carbocycles. The molecule has 2 heterocycles. The van der Waals surface area contributed by atoms with E-state index in [2.05, 4.69) is 15.7 Å². The molecule has 0 atom stereocenters. The van der Waals surface area contributed by atoms with Gasteiger partial charge in [0, 0.05) is 31.2 Å². The van der Waals surface area contributed by atoms with Crippen LogP contribution in [0.3, 0.4) is 0 Å². The number of benzene rings is 3. The van der Waals surface area contributed by atoms with E-state index in [0.29, 0.717) is 11.6 Å². The highest BCUT2D eigenvalue weighted by atomic mass is 32.2. The second-order valence-corrected chi connectivity index (χ2v) is 10.7. The molecule has 0 unspecified atom stereocenters. The molecule has 8 heteroatoms. The lowest BCUT2D eigenvalue weighted by Gasteiger charge is -2.35. The van der Waals surface area contributed by atoms with Gasteiger partial charge < -0.3 is 9.47 Å². The zero-order chi connectivity index (χ0) is 25.3. The second-order valence-electron chi connectivity index (χ2n) is 9.02. The van der Waals surface area contributed by atoms with E-state index in [4.69, 9.17) is 0 Å². The molecule has 0 bridgehead atoms. The number of hydrogen-bond acceptors (Lipinski definition) is 5. The zero-order valence-corrected chi connectivity index (χ0v) is 20.7. The Morgan fingerprint density at radius 1 is 0.917 bits per heavy atom. The number of aryl methyl sites for hydroxylation is 1. The van der Waals surface area contributed by atoms with E-state index < -0.39 is 10.0 Å². The van der Waals surface area contributed by atoms with Gasteiger partial charge in [-0.1, -0.05) is 48.5 Å². The van der Waals surface area contributed by atoms with Crippen LogP contribution in [0.4, 0.5) is 11.4 Å². The Bertz CT molecular complexity index is 1610. The normalized spacial score (nSPS) is 14.5. The van der Waals surface area contributed by atoms with Crippen LogP contribution in [0.25, 0.3) is 10.9 Å². The maximum atomic E-state index is 12.8. The first-order valence-corrected chi connectivity index (χ1v) is 13.3. The Kier molecular flexibility index (Phi) is 6.25. The van der Waals surface area contributed by atoms with E-state index in [1.165, 1.54) is 4.57 Å². The van der Waals surface area contributed by atoms with E-state index in [1.54, 1.807) is 49.5 Å². The number of nitriles is 1. The third kappa shape index (κ3) is 4.34. The van der Waals surface area contributed by atoms with Crippen molar-refractivity contribution in [3.63, 3.8) is 0 Å². The molecular weight excluding hydrogens is 472 g/mol. The van der Waals surface area contributed by atoms with Crippen LogP contribution in [-0.2, 0) is 17.1 Å². The lowest BCUT2D eigenvalue weighted by molar-refractivity contribution is 0.506. The minimum Gasteiger partial charge on any atom is -0.370 e. The molecule has 0 amide bonds. The summed E-state index contributed by atoms with van der Waals surface area (Å²) in [6.07, 6.45) is 1.73. The monoisotopic (exact) mass is 498 g/mol. The molecule has 1 aromatic heterocycles. The molecule has 1 aliphatic heterocycles. The van der Waals surface area contributed by atoms with E-state index in [9.17, 15) is 18.5 Å². The van der Waals surface area contributed by atoms with Crippen molar-refractivity contribution < 1.29 is 8.42 Å². The van der Waals surface area contributed by atoms with Crippen molar-refractivity contribution in [2.24, 2.45) is 7.05 Å². The highest BCUT2D eigenvalue weighted by Crippen LogP contribution is 2.35. The van der Waals surface area contributed by atoms with Crippen molar-refractivity contribution in [1.29, 1.82) is 5.26 Å². The number of nitrogens with one attached hydrogen (secondary N) is 1. The third-order valence-electron chi connectivity index (χ3n) is 6.89. The molecule has 36 heavy (non-hydrogen) atoms. The first-order valence-electron chi connectivity index (χ1n) is 11.8. The standard InChI is InChI=1S/C28H26N4O3S/c1-31-26-10-6-5-9-24(26)27(25(19-29)28(31)33)32-17-15-21(16-18-32)20-11-13-22(14-12-20)30-36(34,35)23-7-3-2-4-8-23/h2-14,21,30H,15-18H2,1H3. The van der Waals surface area contributed by atoms with E-state index in [0.717, 1.165) is 48.1 Å². The minimum atomic E-state index is -3.63. The highest BCUT2D eigenvalue weighted by Gasteiger charge is 2.26. The lowest BCUT2D eigenvalue weighted by Crippen LogP contribution is -2.35. The summed E-state index contributed by atoms with van der Waals surface area (Å²) in [5.74, 6) is 0.310. The number of pyridine rings is 1. The van der Waals surface area contributed by atoms with E-state index >= 15 is 0 Å². The number of para-hydroxylation sites is 1. The van der Waals surface area contributed by atoms with Crippen molar-refractivity contribution >= 4 is 32.3 Å². The van der Waals surface area contributed by atoms with Crippen molar-refractivity contribution in [3.05, 3.63) is 100 Å². The number of aromatic nitrogens is 1. The number of anilines is 2. The zero-order valence-electron chi connectivity index (χ0n) is 19.9. The molecule has 1 fully saturated rings. The topological polar surface area (TPSA) is 95.2 Å².